The third kappa shape index (κ3) is 15.7. The van der Waals surface area contributed by atoms with E-state index in [1.807, 2.05) is 207 Å². The molecule has 510 valence electrons. The first-order valence-corrected chi connectivity index (χ1v) is 33.6. The van der Waals surface area contributed by atoms with Gasteiger partial charge in [-0.1, -0.05) is 190 Å². The van der Waals surface area contributed by atoms with Gasteiger partial charge in [-0.25, -0.2) is 4.79 Å². The molecule has 104 heavy (non-hydrogen) atoms. The van der Waals surface area contributed by atoms with Crippen LogP contribution in [0, 0.1) is 0 Å². The zero-order valence-corrected chi connectivity index (χ0v) is 57.4. The standard InChI is InChI=1S/C21H14O2.C18H16O2.C17H11NO2.C17H15NO2.C17H12O4/c22-21-18-8-4-5-9-19(18)23-20(21)14-15-10-12-17(13-11-15)16-6-2-1-3-7-16;1-12(2)14-9-7-13(8-10-14)11-17-18(19)15-5-3-4-6-16(15)20-17;19-17-13-5-1-2-7-15(13)20-16(17)10-11-4-3-6-14-12(11)8-9-18-14;1-18(2)13-9-7-12(8-10-13)11-16-17(19)14-5-3-4-6-15(14)20-16;1-20-17(19)12-8-6-11(7-9-12)10-15-16(18)13-4-2-3-5-14(13)21-15/h1-14H;3-12H,1-2H3;1-10,18H;3-11H,1-2H3;2-10H,1H3/b20-14-;17-11-;16-10-;16-11-;15-10-. The number of methoxy groups -OCH3 is 1. The summed E-state index contributed by atoms with van der Waals surface area (Å²) in [4.78, 5) is 77.6. The normalized spacial score (nSPS) is 15.1. The summed E-state index contributed by atoms with van der Waals surface area (Å²) >= 11 is 0. The van der Waals surface area contributed by atoms with E-state index in [9.17, 15) is 28.8 Å². The number of allylic oxidation sites excluding steroid dienone is 5. The maximum atomic E-state index is 12.3. The van der Waals surface area contributed by atoms with Crippen LogP contribution in [0.1, 0.15) is 115 Å². The molecule has 14 nitrogen and oxygen atoms in total. The van der Waals surface area contributed by atoms with Crippen LogP contribution in [0.25, 0.3) is 52.4 Å². The number of nitrogens with one attached hydrogen (secondary N) is 1. The Morgan fingerprint density at radius 1 is 0.365 bits per heavy atom. The lowest BCUT2D eigenvalue weighted by Crippen LogP contribution is -2.08. The van der Waals surface area contributed by atoms with E-state index >= 15 is 0 Å². The average molecular weight is 1370 g/mol. The quantitative estimate of drug-likeness (QED) is 0.107. The van der Waals surface area contributed by atoms with Gasteiger partial charge in [0.15, 0.2) is 28.8 Å². The number of aromatic amines is 1. The van der Waals surface area contributed by atoms with Crippen LogP contribution < -0.4 is 28.6 Å². The molecule has 0 atom stereocenters. The van der Waals surface area contributed by atoms with Gasteiger partial charge in [-0.2, -0.15) is 0 Å². The number of esters is 1. The number of nitrogens with zero attached hydrogens (tertiary/aromatic N) is 1. The lowest BCUT2D eigenvalue weighted by atomic mass is 10.0. The second-order valence-electron chi connectivity index (χ2n) is 24.9. The summed E-state index contributed by atoms with van der Waals surface area (Å²) in [5.74, 6) is 4.65. The third-order valence-electron chi connectivity index (χ3n) is 17.3. The number of carbonyl (C=O) groups excluding carboxylic acids is 6. The molecule has 12 aromatic rings. The van der Waals surface area contributed by atoms with Crippen molar-refractivity contribution in [1.82, 2.24) is 4.98 Å². The number of rotatable bonds is 9. The average Bonchev–Trinajstić information content (AvgIpc) is 1.68. The number of ether oxygens (including phenoxy) is 6. The van der Waals surface area contributed by atoms with Crippen LogP contribution in [0.2, 0.25) is 0 Å². The number of hydrogen-bond acceptors (Lipinski definition) is 13. The fourth-order valence-corrected chi connectivity index (χ4v) is 11.7. The van der Waals surface area contributed by atoms with Crippen molar-refractivity contribution in [2.24, 2.45) is 0 Å². The topological polar surface area (TPSA) is 177 Å². The lowest BCUT2D eigenvalue weighted by Gasteiger charge is -2.11. The molecule has 5 aliphatic heterocycles. The van der Waals surface area contributed by atoms with Gasteiger partial charge in [0.1, 0.15) is 28.7 Å². The van der Waals surface area contributed by atoms with Crippen LogP contribution in [0.3, 0.4) is 0 Å². The summed E-state index contributed by atoms with van der Waals surface area (Å²) in [6.45, 7) is 4.32. The van der Waals surface area contributed by atoms with Gasteiger partial charge >= 0.3 is 5.97 Å². The number of H-pyrrole nitrogens is 1. The van der Waals surface area contributed by atoms with E-state index in [0.717, 1.165) is 50.0 Å². The summed E-state index contributed by atoms with van der Waals surface area (Å²) in [5, 5.41) is 1.08. The van der Waals surface area contributed by atoms with E-state index in [0.29, 0.717) is 91.1 Å². The zero-order chi connectivity index (χ0) is 72.2. The van der Waals surface area contributed by atoms with Crippen molar-refractivity contribution in [2.45, 2.75) is 19.8 Å². The van der Waals surface area contributed by atoms with E-state index in [4.69, 9.17) is 23.7 Å². The Bertz CT molecular complexity index is 5300. The minimum Gasteiger partial charge on any atom is -0.465 e. The molecule has 17 rings (SSSR count). The van der Waals surface area contributed by atoms with Crippen molar-refractivity contribution in [2.75, 3.05) is 26.1 Å². The minimum absolute atomic E-state index is 0.0477. The molecule has 0 saturated carbocycles. The van der Waals surface area contributed by atoms with E-state index in [2.05, 4.69) is 47.8 Å². The fraction of sp³-hybridized carbons (Fsp3) is 0.0667. The van der Waals surface area contributed by atoms with Crippen molar-refractivity contribution >= 4 is 81.9 Å². The number of hydrogen-bond donors (Lipinski definition) is 1. The molecule has 14 heteroatoms. The second kappa shape index (κ2) is 31.2. The highest BCUT2D eigenvalue weighted by molar-refractivity contribution is 6.17. The molecule has 6 heterocycles. The Morgan fingerprint density at radius 3 is 1.07 bits per heavy atom. The molecule has 0 fully saturated rings. The molecule has 0 unspecified atom stereocenters. The predicted molar refractivity (Wildman–Crippen MR) is 406 cm³/mol. The van der Waals surface area contributed by atoms with Crippen molar-refractivity contribution in [3.63, 3.8) is 0 Å². The van der Waals surface area contributed by atoms with E-state index < -0.39 is 5.97 Å². The second-order valence-corrected chi connectivity index (χ2v) is 24.9. The van der Waals surface area contributed by atoms with Crippen LogP contribution >= 0.6 is 0 Å². The number of para-hydroxylation sites is 5. The van der Waals surface area contributed by atoms with Gasteiger partial charge in [0.05, 0.1) is 40.5 Å². The first-order valence-electron chi connectivity index (χ1n) is 33.6. The Kier molecular flexibility index (Phi) is 20.7. The molecule has 5 aliphatic rings. The van der Waals surface area contributed by atoms with Crippen LogP contribution in [-0.4, -0.2) is 61.1 Å². The molecule has 0 spiro atoms. The van der Waals surface area contributed by atoms with Gasteiger partial charge in [0.25, 0.3) is 0 Å². The summed E-state index contributed by atoms with van der Waals surface area (Å²) < 4.78 is 32.7. The Balaban J connectivity index is 0.000000116. The number of Topliss-reactive ketones (excluding diaryl/α,β-unsaturated/α-hetero) is 5. The highest BCUT2D eigenvalue weighted by Crippen LogP contribution is 2.37. The lowest BCUT2D eigenvalue weighted by molar-refractivity contribution is 0.0600. The molecule has 0 amide bonds. The monoisotopic (exact) mass is 1370 g/mol. The summed E-state index contributed by atoms with van der Waals surface area (Å²) in [7, 11) is 5.32. The number of ketones is 5. The molecule has 11 aromatic carbocycles. The Labute approximate surface area is 601 Å². The first-order chi connectivity index (χ1) is 50.6. The van der Waals surface area contributed by atoms with Crippen molar-refractivity contribution in [3.05, 3.63) is 375 Å². The summed E-state index contributed by atoms with van der Waals surface area (Å²) in [6, 6.07) is 85.5. The maximum Gasteiger partial charge on any atom is 0.337 e. The Hall–Kier alpha value is -13.7. The number of carbonyl (C=O) groups is 6. The van der Waals surface area contributed by atoms with Gasteiger partial charge in [-0.3, -0.25) is 24.0 Å². The van der Waals surface area contributed by atoms with Gasteiger partial charge in [-0.15, -0.1) is 0 Å². The van der Waals surface area contributed by atoms with E-state index in [1.165, 1.54) is 18.2 Å². The maximum absolute atomic E-state index is 12.3. The number of benzene rings is 11. The van der Waals surface area contributed by atoms with E-state index in [1.54, 1.807) is 97.1 Å². The number of anilines is 1. The zero-order valence-electron chi connectivity index (χ0n) is 57.4. The highest BCUT2D eigenvalue weighted by atomic mass is 16.5. The van der Waals surface area contributed by atoms with Gasteiger partial charge in [0.2, 0.25) is 28.9 Å². The van der Waals surface area contributed by atoms with Gasteiger partial charge in [-0.05, 0) is 178 Å². The number of fused-ring (bicyclic) bond motifs is 6. The molecule has 0 radical (unpaired) electrons. The van der Waals surface area contributed by atoms with Gasteiger partial charge in [0, 0.05) is 36.9 Å². The SMILES string of the molecule is CC(C)c1ccc(/C=C2\Oc3ccccc3C2=O)cc1.CN(C)c1ccc(/C=C2\Oc3ccccc3C2=O)cc1.COC(=O)c1ccc(/C=C2\Oc3ccccc3C2=O)cc1.O=C1/C(=C/c2ccc(-c3ccccc3)cc2)Oc2ccccc21.O=C1/C(=C/c2cccc3[nH]ccc23)Oc2ccccc21. The Morgan fingerprint density at radius 2 is 0.702 bits per heavy atom. The largest absolute Gasteiger partial charge is 0.465 e. The van der Waals surface area contributed by atoms with Crippen LogP contribution in [-0.2, 0) is 4.74 Å². The third-order valence-corrected chi connectivity index (χ3v) is 17.3. The van der Waals surface area contributed by atoms with Crippen LogP contribution in [0.5, 0.6) is 28.7 Å². The van der Waals surface area contributed by atoms with Gasteiger partial charge < -0.3 is 38.3 Å². The van der Waals surface area contributed by atoms with Crippen LogP contribution in [0.4, 0.5) is 5.69 Å². The predicted octanol–water partition coefficient (Wildman–Crippen LogP) is 19.6. The molecular formula is C90H68N2O12. The van der Waals surface area contributed by atoms with Crippen molar-refractivity contribution < 1.29 is 57.2 Å². The van der Waals surface area contributed by atoms with E-state index in [-0.39, 0.29) is 34.7 Å². The summed E-state index contributed by atoms with van der Waals surface area (Å²) in [5.41, 5.74) is 13.9. The highest BCUT2D eigenvalue weighted by Gasteiger charge is 2.31. The summed E-state index contributed by atoms with van der Waals surface area (Å²) in [6.07, 6.45) is 10.7. The molecule has 0 aliphatic carbocycles. The van der Waals surface area contributed by atoms with Crippen LogP contribution in [0.15, 0.2) is 308 Å². The smallest absolute Gasteiger partial charge is 0.337 e. The van der Waals surface area contributed by atoms with Crippen molar-refractivity contribution in [3.8, 4) is 39.9 Å². The molecule has 0 saturated heterocycles. The molecule has 1 N–H and O–H groups in total. The molecular weight excluding hydrogens is 1300 g/mol. The fourth-order valence-electron chi connectivity index (χ4n) is 11.7. The molecule has 0 bridgehead atoms. The first kappa shape index (κ1) is 68.8. The number of aromatic nitrogens is 1. The molecule has 1 aromatic heterocycles. The van der Waals surface area contributed by atoms with Crippen molar-refractivity contribution in [1.29, 1.82) is 0 Å². The minimum atomic E-state index is -0.394.